The van der Waals surface area contributed by atoms with Gasteiger partial charge in [0.25, 0.3) is 0 Å². The van der Waals surface area contributed by atoms with E-state index in [1.807, 2.05) is 11.8 Å². The Bertz CT molecular complexity index is 613. The van der Waals surface area contributed by atoms with Crippen LogP contribution >= 0.6 is 0 Å². The zero-order valence-electron chi connectivity index (χ0n) is 15.9. The quantitative estimate of drug-likeness (QED) is 0.730. The fourth-order valence-electron chi connectivity index (χ4n) is 3.39. The molecule has 0 aliphatic carbocycles. The lowest BCUT2D eigenvalue weighted by atomic mass is 10.2. The predicted octanol–water partition coefficient (Wildman–Crippen LogP) is 0.289. The number of piperazine rings is 2. The highest BCUT2D eigenvalue weighted by Gasteiger charge is 2.25. The summed E-state index contributed by atoms with van der Waals surface area (Å²) in [7, 11) is 0. The van der Waals surface area contributed by atoms with Crippen molar-refractivity contribution in [2.24, 2.45) is 0 Å². The second kappa shape index (κ2) is 9.50. The lowest BCUT2D eigenvalue weighted by Crippen LogP contribution is -2.51. The summed E-state index contributed by atoms with van der Waals surface area (Å²) in [5.41, 5.74) is 0. The second-order valence-electron chi connectivity index (χ2n) is 6.69. The van der Waals surface area contributed by atoms with Gasteiger partial charge in [0.15, 0.2) is 0 Å². The van der Waals surface area contributed by atoms with Crippen LogP contribution in [0.15, 0.2) is 18.5 Å². The van der Waals surface area contributed by atoms with Crippen LogP contribution in [0.1, 0.15) is 13.3 Å². The van der Waals surface area contributed by atoms with E-state index in [2.05, 4.69) is 19.8 Å². The van der Waals surface area contributed by atoms with Crippen LogP contribution in [-0.4, -0.2) is 102 Å². The maximum absolute atomic E-state index is 12.5. The third-order valence-corrected chi connectivity index (χ3v) is 5.01. The number of carbonyl (C=O) groups is 2. The molecule has 0 spiro atoms. The standard InChI is InChI=1S/C18H28N6O3/c1-2-27-18(26)24-10-8-21(9-11-24)7-4-16(25)22-12-14-23(15-13-22)17-19-5-3-6-20-17/h3,5-6H,2,4,7-15H2,1H3. The first kappa shape index (κ1) is 19.3. The molecule has 0 saturated carbocycles. The lowest BCUT2D eigenvalue weighted by molar-refractivity contribution is -0.131. The van der Waals surface area contributed by atoms with Gasteiger partial charge in [0.1, 0.15) is 0 Å². The Kier molecular flexibility index (Phi) is 6.80. The topological polar surface area (TPSA) is 82.1 Å². The molecule has 148 valence electrons. The molecule has 0 unspecified atom stereocenters. The fraction of sp³-hybridized carbons (Fsp3) is 0.667. The van der Waals surface area contributed by atoms with Crippen molar-refractivity contribution in [3.63, 3.8) is 0 Å². The number of anilines is 1. The van der Waals surface area contributed by atoms with E-state index in [9.17, 15) is 9.59 Å². The van der Waals surface area contributed by atoms with Crippen molar-refractivity contribution < 1.29 is 14.3 Å². The SMILES string of the molecule is CCOC(=O)N1CCN(CCC(=O)N2CCN(c3ncccn3)CC2)CC1. The van der Waals surface area contributed by atoms with Gasteiger partial charge in [-0.2, -0.15) is 0 Å². The smallest absolute Gasteiger partial charge is 0.409 e. The minimum atomic E-state index is -0.242. The van der Waals surface area contributed by atoms with E-state index in [1.165, 1.54) is 0 Å². The summed E-state index contributed by atoms with van der Waals surface area (Å²) in [6.45, 7) is 8.74. The molecule has 0 radical (unpaired) electrons. The normalized spacial score (nSPS) is 18.5. The number of ether oxygens (including phenoxy) is 1. The molecular formula is C18H28N6O3. The van der Waals surface area contributed by atoms with Crippen molar-refractivity contribution in [1.82, 2.24) is 24.7 Å². The number of nitrogens with zero attached hydrogens (tertiary/aromatic N) is 6. The summed E-state index contributed by atoms with van der Waals surface area (Å²) in [6.07, 6.45) is 3.75. The maximum Gasteiger partial charge on any atom is 0.409 e. The second-order valence-corrected chi connectivity index (χ2v) is 6.69. The number of aromatic nitrogens is 2. The summed E-state index contributed by atoms with van der Waals surface area (Å²) in [5.74, 6) is 0.917. The van der Waals surface area contributed by atoms with Crippen LogP contribution in [0.5, 0.6) is 0 Å². The average molecular weight is 376 g/mol. The van der Waals surface area contributed by atoms with Gasteiger partial charge >= 0.3 is 6.09 Å². The molecule has 2 saturated heterocycles. The maximum atomic E-state index is 12.5. The molecule has 0 bridgehead atoms. The third-order valence-electron chi connectivity index (χ3n) is 5.01. The van der Waals surface area contributed by atoms with Crippen LogP contribution in [0.3, 0.4) is 0 Å². The Morgan fingerprint density at radius 2 is 1.59 bits per heavy atom. The number of hydrogen-bond acceptors (Lipinski definition) is 7. The van der Waals surface area contributed by atoms with Crippen molar-refractivity contribution in [3.05, 3.63) is 18.5 Å². The Balaban J connectivity index is 1.35. The Morgan fingerprint density at radius 3 is 2.22 bits per heavy atom. The number of carbonyl (C=O) groups excluding carboxylic acids is 2. The molecule has 3 heterocycles. The molecule has 9 heteroatoms. The zero-order chi connectivity index (χ0) is 19.1. The Morgan fingerprint density at radius 1 is 0.963 bits per heavy atom. The van der Waals surface area contributed by atoms with Crippen molar-refractivity contribution in [2.75, 3.05) is 70.4 Å². The molecule has 9 nitrogen and oxygen atoms in total. The van der Waals surface area contributed by atoms with Crippen LogP contribution in [0.25, 0.3) is 0 Å². The van der Waals surface area contributed by atoms with Gasteiger partial charge in [-0.25, -0.2) is 14.8 Å². The van der Waals surface area contributed by atoms with E-state index in [4.69, 9.17) is 4.74 Å². The van der Waals surface area contributed by atoms with Crippen LogP contribution in [0.2, 0.25) is 0 Å². The molecule has 2 amide bonds. The van der Waals surface area contributed by atoms with E-state index < -0.39 is 0 Å². The lowest BCUT2D eigenvalue weighted by Gasteiger charge is -2.36. The molecule has 2 aliphatic heterocycles. The summed E-state index contributed by atoms with van der Waals surface area (Å²) in [6, 6.07) is 1.80. The van der Waals surface area contributed by atoms with E-state index in [0.29, 0.717) is 39.2 Å². The molecule has 2 aliphatic rings. The highest BCUT2D eigenvalue weighted by Crippen LogP contribution is 2.11. The highest BCUT2D eigenvalue weighted by atomic mass is 16.6. The molecule has 1 aromatic rings. The summed E-state index contributed by atoms with van der Waals surface area (Å²) >= 11 is 0. The number of rotatable bonds is 5. The van der Waals surface area contributed by atoms with E-state index in [1.54, 1.807) is 23.4 Å². The van der Waals surface area contributed by atoms with Gasteiger partial charge in [0.2, 0.25) is 11.9 Å². The van der Waals surface area contributed by atoms with Gasteiger partial charge in [-0.3, -0.25) is 9.69 Å². The van der Waals surface area contributed by atoms with Gasteiger partial charge in [0, 0.05) is 77.7 Å². The van der Waals surface area contributed by atoms with Crippen molar-refractivity contribution in [2.45, 2.75) is 13.3 Å². The zero-order valence-corrected chi connectivity index (χ0v) is 15.9. The van der Waals surface area contributed by atoms with Crippen LogP contribution < -0.4 is 4.90 Å². The molecule has 1 aromatic heterocycles. The number of hydrogen-bond donors (Lipinski definition) is 0. The first-order chi connectivity index (χ1) is 13.2. The largest absolute Gasteiger partial charge is 0.450 e. The van der Waals surface area contributed by atoms with Crippen LogP contribution in [-0.2, 0) is 9.53 Å². The van der Waals surface area contributed by atoms with Crippen molar-refractivity contribution in [3.8, 4) is 0 Å². The summed E-state index contributed by atoms with van der Waals surface area (Å²) in [4.78, 5) is 40.8. The van der Waals surface area contributed by atoms with Gasteiger partial charge in [-0.05, 0) is 13.0 Å². The number of amides is 2. The van der Waals surface area contributed by atoms with Gasteiger partial charge in [-0.15, -0.1) is 0 Å². The van der Waals surface area contributed by atoms with Gasteiger partial charge < -0.3 is 19.4 Å². The van der Waals surface area contributed by atoms with Crippen molar-refractivity contribution in [1.29, 1.82) is 0 Å². The molecule has 27 heavy (non-hydrogen) atoms. The van der Waals surface area contributed by atoms with E-state index in [-0.39, 0.29) is 12.0 Å². The molecule has 2 fully saturated rings. The molecule has 0 aromatic carbocycles. The predicted molar refractivity (Wildman–Crippen MR) is 100 cm³/mol. The first-order valence-corrected chi connectivity index (χ1v) is 9.61. The molecule has 3 rings (SSSR count). The monoisotopic (exact) mass is 376 g/mol. The average Bonchev–Trinajstić information content (AvgIpc) is 2.73. The summed E-state index contributed by atoms with van der Waals surface area (Å²) in [5, 5.41) is 0. The third kappa shape index (κ3) is 5.29. The molecule has 0 atom stereocenters. The summed E-state index contributed by atoms with van der Waals surface area (Å²) < 4.78 is 5.03. The Labute approximate surface area is 159 Å². The minimum Gasteiger partial charge on any atom is -0.450 e. The van der Waals surface area contributed by atoms with Crippen LogP contribution in [0.4, 0.5) is 10.7 Å². The van der Waals surface area contributed by atoms with Gasteiger partial charge in [0.05, 0.1) is 6.61 Å². The minimum absolute atomic E-state index is 0.191. The fourth-order valence-corrected chi connectivity index (χ4v) is 3.39. The van der Waals surface area contributed by atoms with E-state index >= 15 is 0 Å². The molecule has 0 N–H and O–H groups in total. The van der Waals surface area contributed by atoms with Gasteiger partial charge in [-0.1, -0.05) is 0 Å². The van der Waals surface area contributed by atoms with E-state index in [0.717, 1.165) is 38.7 Å². The molecular weight excluding hydrogens is 348 g/mol. The van der Waals surface area contributed by atoms with Crippen LogP contribution in [0, 0.1) is 0 Å². The van der Waals surface area contributed by atoms with Crippen molar-refractivity contribution >= 4 is 17.9 Å². The first-order valence-electron chi connectivity index (χ1n) is 9.61. The Hall–Kier alpha value is -2.42. The highest BCUT2D eigenvalue weighted by molar-refractivity contribution is 5.76.